The number of urea groups is 1. The molecule has 2 amide bonds. The topological polar surface area (TPSA) is 43.8 Å². The smallest absolute Gasteiger partial charge is 0.319 e. The Bertz CT molecular complexity index is 233. The Morgan fingerprint density at radius 2 is 1.75 bits per heavy atom. The summed E-state index contributed by atoms with van der Waals surface area (Å²) in [4.78, 5) is 15.4. The van der Waals surface area contributed by atoms with Crippen LogP contribution in [0.4, 0.5) is 4.79 Å². The first-order chi connectivity index (χ1) is 7.52. The van der Waals surface area contributed by atoms with Gasteiger partial charge in [0.25, 0.3) is 0 Å². The quantitative estimate of drug-likeness (QED) is 0.795. The molecule has 0 aliphatic heterocycles. The molecule has 0 radical (unpaired) electrons. The molecule has 1 saturated carbocycles. The van der Waals surface area contributed by atoms with E-state index in [0.717, 1.165) is 38.8 Å². The summed E-state index contributed by atoms with van der Waals surface area (Å²) in [5.74, 6) is 0. The van der Waals surface area contributed by atoms with Crippen LogP contribution in [0, 0.1) is 0 Å². The van der Waals surface area contributed by atoms with Crippen molar-refractivity contribution in [3.63, 3.8) is 0 Å². The van der Waals surface area contributed by atoms with E-state index in [1.54, 1.807) is 16.8 Å². The molecule has 0 bridgehead atoms. The lowest BCUT2D eigenvalue weighted by molar-refractivity contribution is 0.0208. The molecule has 0 aromatic heterocycles. The molecule has 1 N–H and O–H groups in total. The number of rotatable bonds is 4. The van der Waals surface area contributed by atoms with Gasteiger partial charge in [-0.25, -0.2) is 4.79 Å². The minimum Gasteiger partial charge on any atom is -0.388 e. The number of amides is 2. The van der Waals surface area contributed by atoms with E-state index in [4.69, 9.17) is 0 Å². The van der Waals surface area contributed by atoms with E-state index in [1.165, 1.54) is 0 Å². The number of hydrogen-bond acceptors (Lipinski definition) is 2. The molecule has 0 unspecified atom stereocenters. The molecule has 1 fully saturated rings. The third kappa shape index (κ3) is 3.11. The van der Waals surface area contributed by atoms with Gasteiger partial charge in [-0.05, 0) is 26.7 Å². The first-order valence-electron chi connectivity index (χ1n) is 6.25. The summed E-state index contributed by atoms with van der Waals surface area (Å²) < 4.78 is 0. The van der Waals surface area contributed by atoms with E-state index >= 15 is 0 Å². The van der Waals surface area contributed by atoms with Gasteiger partial charge in [-0.3, -0.25) is 0 Å². The molecular formula is C12H24N2O2. The van der Waals surface area contributed by atoms with Crippen LogP contribution in [0.3, 0.4) is 0 Å². The predicted molar refractivity (Wildman–Crippen MR) is 64.4 cm³/mol. The summed E-state index contributed by atoms with van der Waals surface area (Å²) in [6, 6.07) is 0.0188. The molecule has 1 aliphatic rings. The van der Waals surface area contributed by atoms with Gasteiger partial charge in [0.2, 0.25) is 0 Å². The predicted octanol–water partition coefficient (Wildman–Crippen LogP) is 1.69. The first kappa shape index (κ1) is 13.3. The van der Waals surface area contributed by atoms with Crippen molar-refractivity contribution in [1.29, 1.82) is 0 Å². The van der Waals surface area contributed by atoms with E-state index in [9.17, 15) is 9.90 Å². The van der Waals surface area contributed by atoms with Crippen LogP contribution >= 0.6 is 0 Å². The summed E-state index contributed by atoms with van der Waals surface area (Å²) in [5, 5.41) is 10.2. The third-order valence-corrected chi connectivity index (χ3v) is 3.43. The Kier molecular flexibility index (Phi) is 4.59. The average molecular weight is 228 g/mol. The summed E-state index contributed by atoms with van der Waals surface area (Å²) in [5.41, 5.74) is -0.641. The van der Waals surface area contributed by atoms with Gasteiger partial charge in [-0.1, -0.05) is 12.8 Å². The molecule has 0 heterocycles. The van der Waals surface area contributed by atoms with Crippen molar-refractivity contribution in [3.05, 3.63) is 0 Å². The summed E-state index contributed by atoms with van der Waals surface area (Å²) in [6.07, 6.45) is 3.79. The fraction of sp³-hybridized carbons (Fsp3) is 0.917. The van der Waals surface area contributed by atoms with Gasteiger partial charge in [-0.2, -0.15) is 0 Å². The molecule has 4 heteroatoms. The van der Waals surface area contributed by atoms with Gasteiger partial charge in [0, 0.05) is 20.1 Å². The zero-order valence-electron chi connectivity index (χ0n) is 10.7. The maximum absolute atomic E-state index is 12.0. The summed E-state index contributed by atoms with van der Waals surface area (Å²) >= 11 is 0. The number of hydrogen-bond donors (Lipinski definition) is 1. The second kappa shape index (κ2) is 5.53. The van der Waals surface area contributed by atoms with Crippen molar-refractivity contribution in [2.45, 2.75) is 45.1 Å². The molecule has 1 aliphatic carbocycles. The van der Waals surface area contributed by atoms with Gasteiger partial charge in [0.15, 0.2) is 0 Å². The summed E-state index contributed by atoms with van der Waals surface area (Å²) in [7, 11) is 1.77. The van der Waals surface area contributed by atoms with Crippen LogP contribution in [0.5, 0.6) is 0 Å². The average Bonchev–Trinajstić information content (AvgIpc) is 2.66. The highest BCUT2D eigenvalue weighted by Gasteiger charge is 2.33. The molecule has 94 valence electrons. The molecule has 0 aromatic carbocycles. The Labute approximate surface area is 98.2 Å². The van der Waals surface area contributed by atoms with Gasteiger partial charge in [-0.15, -0.1) is 0 Å². The number of carbonyl (C=O) groups excluding carboxylic acids is 1. The highest BCUT2D eigenvalue weighted by molar-refractivity contribution is 5.74. The molecular weight excluding hydrogens is 204 g/mol. The largest absolute Gasteiger partial charge is 0.388 e. The lowest BCUT2D eigenvalue weighted by atomic mass is 10.0. The molecule has 4 nitrogen and oxygen atoms in total. The van der Waals surface area contributed by atoms with Crippen molar-refractivity contribution >= 4 is 6.03 Å². The zero-order valence-corrected chi connectivity index (χ0v) is 10.7. The number of nitrogens with zero attached hydrogens (tertiary/aromatic N) is 2. The van der Waals surface area contributed by atoms with Crippen LogP contribution in [0.15, 0.2) is 0 Å². The zero-order chi connectivity index (χ0) is 12.2. The van der Waals surface area contributed by atoms with Crippen LogP contribution in [-0.4, -0.2) is 53.2 Å². The van der Waals surface area contributed by atoms with Gasteiger partial charge >= 0.3 is 6.03 Å². The lowest BCUT2D eigenvalue weighted by Gasteiger charge is -2.32. The van der Waals surface area contributed by atoms with Crippen LogP contribution in [0.1, 0.15) is 39.5 Å². The highest BCUT2D eigenvalue weighted by atomic mass is 16.3. The number of aliphatic hydroxyl groups is 1. The van der Waals surface area contributed by atoms with Gasteiger partial charge in [0.05, 0.1) is 12.1 Å². The summed E-state index contributed by atoms with van der Waals surface area (Å²) in [6.45, 7) is 5.84. The highest BCUT2D eigenvalue weighted by Crippen LogP contribution is 2.30. The minimum atomic E-state index is -0.641. The Morgan fingerprint density at radius 1 is 1.25 bits per heavy atom. The first-order valence-corrected chi connectivity index (χ1v) is 6.25. The fourth-order valence-electron chi connectivity index (χ4n) is 2.44. The Balaban J connectivity index is 2.50. The van der Waals surface area contributed by atoms with E-state index in [-0.39, 0.29) is 6.03 Å². The number of carbonyl (C=O) groups is 1. The molecule has 0 spiro atoms. The molecule has 0 aromatic rings. The van der Waals surface area contributed by atoms with E-state index < -0.39 is 5.60 Å². The molecule has 0 atom stereocenters. The van der Waals surface area contributed by atoms with Crippen molar-refractivity contribution in [3.8, 4) is 0 Å². The van der Waals surface area contributed by atoms with E-state index in [2.05, 4.69) is 0 Å². The SMILES string of the molecule is CCN(CC)C(=O)N(C)CC1(O)CCCC1. The lowest BCUT2D eigenvalue weighted by Crippen LogP contribution is -2.47. The van der Waals surface area contributed by atoms with Crippen molar-refractivity contribution in [2.24, 2.45) is 0 Å². The maximum atomic E-state index is 12.0. The number of likely N-dealkylation sites (N-methyl/N-ethyl adjacent to an activating group) is 1. The van der Waals surface area contributed by atoms with Crippen molar-refractivity contribution in [1.82, 2.24) is 9.80 Å². The van der Waals surface area contributed by atoms with Gasteiger partial charge < -0.3 is 14.9 Å². The fourth-order valence-corrected chi connectivity index (χ4v) is 2.44. The molecule has 1 rings (SSSR count). The monoisotopic (exact) mass is 228 g/mol. The normalized spacial score (nSPS) is 18.5. The van der Waals surface area contributed by atoms with Gasteiger partial charge in [0.1, 0.15) is 0 Å². The third-order valence-electron chi connectivity index (χ3n) is 3.43. The maximum Gasteiger partial charge on any atom is 0.319 e. The molecule has 0 saturated heterocycles. The minimum absolute atomic E-state index is 0.0188. The van der Waals surface area contributed by atoms with Crippen LogP contribution in [-0.2, 0) is 0 Å². The van der Waals surface area contributed by atoms with Crippen LogP contribution < -0.4 is 0 Å². The van der Waals surface area contributed by atoms with Crippen LogP contribution in [0.25, 0.3) is 0 Å². The second-order valence-electron chi connectivity index (χ2n) is 4.74. The van der Waals surface area contributed by atoms with Crippen molar-refractivity contribution in [2.75, 3.05) is 26.7 Å². The molecule has 16 heavy (non-hydrogen) atoms. The Morgan fingerprint density at radius 3 is 2.19 bits per heavy atom. The van der Waals surface area contributed by atoms with E-state index in [0.29, 0.717) is 6.54 Å². The second-order valence-corrected chi connectivity index (χ2v) is 4.74. The Hall–Kier alpha value is -0.770. The van der Waals surface area contributed by atoms with Crippen LogP contribution in [0.2, 0.25) is 0 Å². The van der Waals surface area contributed by atoms with E-state index in [1.807, 2.05) is 13.8 Å². The standard InChI is InChI=1S/C12H24N2O2/c1-4-14(5-2)11(15)13(3)10-12(16)8-6-7-9-12/h16H,4-10H2,1-3H3. The van der Waals surface area contributed by atoms with Crippen molar-refractivity contribution < 1.29 is 9.90 Å².